The monoisotopic (exact) mass is 289 g/mol. The third-order valence-corrected chi connectivity index (χ3v) is 5.18. The molecule has 2 rings (SSSR count). The number of benzene rings is 1. The summed E-state index contributed by atoms with van der Waals surface area (Å²) < 4.78 is 0. The van der Waals surface area contributed by atoms with Crippen LogP contribution in [0.4, 0.5) is 0 Å². The van der Waals surface area contributed by atoms with Crippen molar-refractivity contribution in [2.75, 3.05) is 6.61 Å². The van der Waals surface area contributed by atoms with Gasteiger partial charge in [0.2, 0.25) is 0 Å². The molecule has 1 aromatic carbocycles. The summed E-state index contributed by atoms with van der Waals surface area (Å²) in [5.41, 5.74) is 1.71. The predicted octanol–water partition coefficient (Wildman–Crippen LogP) is 4.98. The van der Waals surface area contributed by atoms with Crippen molar-refractivity contribution in [2.24, 2.45) is 0 Å². The van der Waals surface area contributed by atoms with Crippen molar-refractivity contribution in [1.82, 2.24) is 5.06 Å². The van der Waals surface area contributed by atoms with Crippen molar-refractivity contribution in [2.45, 2.75) is 77.3 Å². The summed E-state index contributed by atoms with van der Waals surface area (Å²) in [5, 5.41) is 2.35. The fraction of sp³-hybridized carbons (Fsp3) is 0.684. The van der Waals surface area contributed by atoms with Crippen LogP contribution in [0.2, 0.25) is 0 Å². The molecule has 0 aliphatic carbocycles. The van der Waals surface area contributed by atoms with Gasteiger partial charge in [0.15, 0.2) is 0 Å². The van der Waals surface area contributed by atoms with Crippen LogP contribution in [0.5, 0.6) is 0 Å². The molecule has 1 fully saturated rings. The molecule has 0 bridgehead atoms. The minimum atomic E-state index is 0.140. The van der Waals surface area contributed by atoms with Gasteiger partial charge < -0.3 is 0 Å². The smallest absolute Gasteiger partial charge is 0.0725 e. The average molecular weight is 289 g/mol. The first-order valence-corrected chi connectivity index (χ1v) is 8.51. The van der Waals surface area contributed by atoms with Crippen molar-refractivity contribution >= 4 is 0 Å². The summed E-state index contributed by atoms with van der Waals surface area (Å²) in [7, 11) is 0. The fourth-order valence-electron chi connectivity index (χ4n) is 3.80. The second-order valence-electron chi connectivity index (χ2n) is 6.96. The SMILES string of the molecule is CCC1(CC)CCCC(C)(C)N1OCCc1ccccc1. The lowest BCUT2D eigenvalue weighted by Crippen LogP contribution is -2.60. The van der Waals surface area contributed by atoms with Gasteiger partial charge in [-0.2, -0.15) is 5.06 Å². The molecule has 2 nitrogen and oxygen atoms in total. The van der Waals surface area contributed by atoms with E-state index in [1.165, 1.54) is 24.8 Å². The van der Waals surface area contributed by atoms with Crippen LogP contribution in [0, 0.1) is 0 Å². The van der Waals surface area contributed by atoms with E-state index in [0.29, 0.717) is 0 Å². The zero-order valence-electron chi connectivity index (χ0n) is 14.2. The molecule has 0 N–H and O–H groups in total. The molecule has 0 amide bonds. The molecule has 1 heterocycles. The third-order valence-electron chi connectivity index (χ3n) is 5.18. The maximum Gasteiger partial charge on any atom is 0.0725 e. The minimum absolute atomic E-state index is 0.140. The lowest BCUT2D eigenvalue weighted by molar-refractivity contribution is -0.290. The summed E-state index contributed by atoms with van der Waals surface area (Å²) >= 11 is 0. The van der Waals surface area contributed by atoms with Gasteiger partial charge in [-0.25, -0.2) is 0 Å². The lowest BCUT2D eigenvalue weighted by Gasteiger charge is -2.54. The van der Waals surface area contributed by atoms with E-state index in [9.17, 15) is 0 Å². The molecular weight excluding hydrogens is 258 g/mol. The number of hydrogen-bond acceptors (Lipinski definition) is 2. The average Bonchev–Trinajstić information content (AvgIpc) is 2.49. The van der Waals surface area contributed by atoms with E-state index < -0.39 is 0 Å². The van der Waals surface area contributed by atoms with E-state index in [-0.39, 0.29) is 11.1 Å². The van der Waals surface area contributed by atoms with Gasteiger partial charge in [-0.1, -0.05) is 44.2 Å². The van der Waals surface area contributed by atoms with Crippen LogP contribution < -0.4 is 0 Å². The van der Waals surface area contributed by atoms with Crippen LogP contribution in [-0.2, 0) is 11.3 Å². The van der Waals surface area contributed by atoms with Gasteiger partial charge >= 0.3 is 0 Å². The summed E-state index contributed by atoms with van der Waals surface area (Å²) in [6.45, 7) is 10.0. The first-order chi connectivity index (χ1) is 10.0. The number of rotatable bonds is 6. The lowest BCUT2D eigenvalue weighted by atomic mass is 9.77. The van der Waals surface area contributed by atoms with Gasteiger partial charge in [-0.05, 0) is 57.9 Å². The quantitative estimate of drug-likeness (QED) is 0.732. The summed E-state index contributed by atoms with van der Waals surface area (Å²) in [6, 6.07) is 10.6. The highest BCUT2D eigenvalue weighted by molar-refractivity contribution is 5.14. The largest absolute Gasteiger partial charge is 0.298 e. The number of hydroxylamine groups is 2. The maximum absolute atomic E-state index is 6.33. The molecule has 1 saturated heterocycles. The summed E-state index contributed by atoms with van der Waals surface area (Å²) in [6.07, 6.45) is 7.11. The highest BCUT2D eigenvalue weighted by Crippen LogP contribution is 2.42. The molecule has 21 heavy (non-hydrogen) atoms. The van der Waals surface area contributed by atoms with Crippen molar-refractivity contribution < 1.29 is 4.84 Å². The summed E-state index contributed by atoms with van der Waals surface area (Å²) in [5.74, 6) is 0. The van der Waals surface area contributed by atoms with E-state index in [4.69, 9.17) is 4.84 Å². The molecule has 2 heteroatoms. The molecular formula is C19H31NO. The molecule has 0 saturated carbocycles. The van der Waals surface area contributed by atoms with E-state index in [1.54, 1.807) is 0 Å². The van der Waals surface area contributed by atoms with E-state index >= 15 is 0 Å². The van der Waals surface area contributed by atoms with Gasteiger partial charge in [0.25, 0.3) is 0 Å². The molecule has 1 aliphatic rings. The molecule has 0 unspecified atom stereocenters. The zero-order valence-corrected chi connectivity index (χ0v) is 14.2. The normalized spacial score (nSPS) is 21.3. The minimum Gasteiger partial charge on any atom is -0.298 e. The molecule has 0 aromatic heterocycles. The molecule has 1 aliphatic heterocycles. The van der Waals surface area contributed by atoms with Gasteiger partial charge in [0.05, 0.1) is 6.61 Å². The van der Waals surface area contributed by atoms with Crippen LogP contribution >= 0.6 is 0 Å². The van der Waals surface area contributed by atoms with E-state index in [1.807, 2.05) is 0 Å². The Morgan fingerprint density at radius 1 is 1.05 bits per heavy atom. The van der Waals surface area contributed by atoms with Crippen molar-refractivity contribution in [1.29, 1.82) is 0 Å². The Hall–Kier alpha value is -0.860. The van der Waals surface area contributed by atoms with Crippen molar-refractivity contribution in [3.8, 4) is 0 Å². The third kappa shape index (κ3) is 3.67. The Labute approximate surface area is 130 Å². The Bertz CT molecular complexity index is 422. The first-order valence-electron chi connectivity index (χ1n) is 8.51. The molecule has 0 spiro atoms. The van der Waals surface area contributed by atoms with E-state index in [2.05, 4.69) is 63.1 Å². The van der Waals surface area contributed by atoms with Gasteiger partial charge in [-0.3, -0.25) is 4.84 Å². The van der Waals surface area contributed by atoms with E-state index in [0.717, 1.165) is 25.9 Å². The molecule has 1 aromatic rings. The van der Waals surface area contributed by atoms with Crippen LogP contribution in [0.25, 0.3) is 0 Å². The fourth-order valence-corrected chi connectivity index (χ4v) is 3.80. The van der Waals surface area contributed by atoms with Crippen LogP contribution in [0.1, 0.15) is 65.4 Å². The highest BCUT2D eigenvalue weighted by Gasteiger charge is 2.46. The maximum atomic E-state index is 6.33. The van der Waals surface area contributed by atoms with Crippen LogP contribution in [0.15, 0.2) is 30.3 Å². The second kappa shape index (κ2) is 6.93. The van der Waals surface area contributed by atoms with Gasteiger partial charge in [0.1, 0.15) is 0 Å². The Morgan fingerprint density at radius 2 is 1.71 bits per heavy atom. The van der Waals surface area contributed by atoms with Gasteiger partial charge in [-0.15, -0.1) is 0 Å². The first kappa shape index (κ1) is 16.5. The summed E-state index contributed by atoms with van der Waals surface area (Å²) in [4.78, 5) is 6.33. The van der Waals surface area contributed by atoms with Crippen molar-refractivity contribution in [3.63, 3.8) is 0 Å². The van der Waals surface area contributed by atoms with Crippen LogP contribution in [-0.4, -0.2) is 22.7 Å². The van der Waals surface area contributed by atoms with Crippen LogP contribution in [0.3, 0.4) is 0 Å². The number of nitrogens with zero attached hydrogens (tertiary/aromatic N) is 1. The Kier molecular flexibility index (Phi) is 5.45. The predicted molar refractivity (Wildman–Crippen MR) is 89.2 cm³/mol. The highest BCUT2D eigenvalue weighted by atomic mass is 16.7. The Morgan fingerprint density at radius 3 is 2.33 bits per heavy atom. The molecule has 0 atom stereocenters. The number of piperidine rings is 1. The molecule has 0 radical (unpaired) electrons. The zero-order chi connectivity index (χ0) is 15.3. The standard InChI is InChI=1S/C19H31NO/c1-5-19(6-2)15-10-14-18(3,4)20(19)21-16-13-17-11-8-7-9-12-17/h7-9,11-12H,5-6,10,13-16H2,1-4H3. The van der Waals surface area contributed by atoms with Crippen molar-refractivity contribution in [3.05, 3.63) is 35.9 Å². The molecule has 118 valence electrons. The topological polar surface area (TPSA) is 12.5 Å². The second-order valence-corrected chi connectivity index (χ2v) is 6.96. The Balaban J connectivity index is 2.02. The van der Waals surface area contributed by atoms with Gasteiger partial charge in [0, 0.05) is 11.1 Å². The number of hydrogen-bond donors (Lipinski definition) is 0.